The average Bonchev–Trinajstić information content (AvgIpc) is 3.17. The highest BCUT2D eigenvalue weighted by molar-refractivity contribution is 7.11. The van der Waals surface area contributed by atoms with Crippen LogP contribution in [0, 0.1) is 13.8 Å². The van der Waals surface area contributed by atoms with Gasteiger partial charge in [-0.1, -0.05) is 18.2 Å². The van der Waals surface area contributed by atoms with E-state index in [1.54, 1.807) is 12.1 Å². The molecule has 2 N–H and O–H groups in total. The second kappa shape index (κ2) is 7.02. The van der Waals surface area contributed by atoms with Gasteiger partial charge in [-0.25, -0.2) is 9.78 Å². The first-order valence-corrected chi connectivity index (χ1v) is 8.58. The van der Waals surface area contributed by atoms with Gasteiger partial charge in [0.1, 0.15) is 18.4 Å². The lowest BCUT2D eigenvalue weighted by atomic mass is 10.1. The Hall–Kier alpha value is -2.74. The molecule has 0 aliphatic carbocycles. The molecule has 1 atom stereocenters. The van der Waals surface area contributed by atoms with Crippen LogP contribution in [0.3, 0.4) is 0 Å². The van der Waals surface area contributed by atoms with Crippen LogP contribution in [-0.2, 0) is 20.9 Å². The van der Waals surface area contributed by atoms with Crippen molar-refractivity contribution in [2.24, 2.45) is 10.8 Å². The van der Waals surface area contributed by atoms with E-state index in [0.717, 1.165) is 15.6 Å². The topological polar surface area (TPSA) is 97.9 Å². The predicted molar refractivity (Wildman–Crippen MR) is 95.3 cm³/mol. The van der Waals surface area contributed by atoms with Crippen LogP contribution in [0.4, 0.5) is 5.69 Å². The van der Waals surface area contributed by atoms with Gasteiger partial charge in [0.25, 0.3) is 0 Å². The van der Waals surface area contributed by atoms with Crippen LogP contribution in [0.2, 0.25) is 0 Å². The molecule has 1 amide bonds. The summed E-state index contributed by atoms with van der Waals surface area (Å²) >= 11 is 1.49. The summed E-state index contributed by atoms with van der Waals surface area (Å²) in [6, 6.07) is 8.42. The van der Waals surface area contributed by atoms with Gasteiger partial charge in [0.15, 0.2) is 0 Å². The number of anilines is 1. The molecule has 1 unspecified atom stereocenters. The Morgan fingerprint density at radius 1 is 1.32 bits per heavy atom. The Kier molecular flexibility index (Phi) is 4.80. The number of carbonyl (C=O) groups is 2. The fourth-order valence-corrected chi connectivity index (χ4v) is 3.45. The third kappa shape index (κ3) is 3.69. The molecule has 0 bridgehead atoms. The van der Waals surface area contributed by atoms with Gasteiger partial charge in [-0.05, 0) is 26.0 Å². The van der Waals surface area contributed by atoms with Crippen LogP contribution in [0.1, 0.15) is 22.0 Å². The number of nitrogens with two attached hydrogens (primary N) is 1. The zero-order valence-electron chi connectivity index (χ0n) is 13.9. The zero-order valence-corrected chi connectivity index (χ0v) is 14.7. The second-order valence-electron chi connectivity index (χ2n) is 5.67. The van der Waals surface area contributed by atoms with Gasteiger partial charge in [0.05, 0.1) is 21.3 Å². The van der Waals surface area contributed by atoms with E-state index in [2.05, 4.69) is 10.1 Å². The van der Waals surface area contributed by atoms with Gasteiger partial charge in [0.2, 0.25) is 5.91 Å². The van der Waals surface area contributed by atoms with Crippen molar-refractivity contribution in [2.75, 3.05) is 5.01 Å². The summed E-state index contributed by atoms with van der Waals surface area (Å²) in [6.45, 7) is 3.92. The maximum Gasteiger partial charge on any atom is 0.354 e. The molecule has 7 nitrogen and oxygen atoms in total. The first-order chi connectivity index (χ1) is 12.0. The third-order valence-electron chi connectivity index (χ3n) is 3.83. The number of carbonyl (C=O) groups excluding carboxylic acids is 2. The van der Waals surface area contributed by atoms with E-state index in [4.69, 9.17) is 10.5 Å². The highest BCUT2D eigenvalue weighted by atomic mass is 32.1. The number of hydrogen-bond donors (Lipinski definition) is 1. The van der Waals surface area contributed by atoms with Gasteiger partial charge in [-0.3, -0.25) is 9.80 Å². The number of nitrogens with zero attached hydrogens (tertiary/aromatic N) is 3. The van der Waals surface area contributed by atoms with E-state index in [0.29, 0.717) is 5.69 Å². The first kappa shape index (κ1) is 17.1. The number of thiazole rings is 1. The number of para-hydroxylation sites is 1. The van der Waals surface area contributed by atoms with E-state index in [1.165, 1.54) is 16.3 Å². The van der Waals surface area contributed by atoms with E-state index in [9.17, 15) is 9.59 Å². The summed E-state index contributed by atoms with van der Waals surface area (Å²) in [6.07, 6.45) is 0.129. The van der Waals surface area contributed by atoms with Crippen molar-refractivity contribution < 1.29 is 14.3 Å². The quantitative estimate of drug-likeness (QED) is 0.824. The van der Waals surface area contributed by atoms with Crippen LogP contribution in [0.15, 0.2) is 35.4 Å². The lowest BCUT2D eigenvalue weighted by molar-refractivity contribution is -0.136. The van der Waals surface area contributed by atoms with Crippen molar-refractivity contribution in [3.63, 3.8) is 0 Å². The molecule has 0 saturated heterocycles. The van der Waals surface area contributed by atoms with Crippen molar-refractivity contribution in [3.8, 4) is 0 Å². The minimum atomic E-state index is -0.697. The average molecular weight is 358 g/mol. The summed E-state index contributed by atoms with van der Waals surface area (Å²) < 4.78 is 5.34. The molecule has 3 rings (SSSR count). The summed E-state index contributed by atoms with van der Waals surface area (Å²) in [5.41, 5.74) is 7.20. The molecular weight excluding hydrogens is 340 g/mol. The smallest absolute Gasteiger partial charge is 0.354 e. The molecule has 2 heterocycles. The van der Waals surface area contributed by atoms with Gasteiger partial charge in [0, 0.05) is 6.42 Å². The molecular formula is C17H18N4O3S. The third-order valence-corrected chi connectivity index (χ3v) is 4.88. The van der Waals surface area contributed by atoms with E-state index in [-0.39, 0.29) is 18.7 Å². The van der Waals surface area contributed by atoms with Crippen LogP contribution in [-0.4, -0.2) is 28.6 Å². The zero-order chi connectivity index (χ0) is 18.0. The van der Waals surface area contributed by atoms with Crippen LogP contribution in [0.5, 0.6) is 0 Å². The summed E-state index contributed by atoms with van der Waals surface area (Å²) in [5, 5.41) is 6.66. The Labute approximate surface area is 149 Å². The van der Waals surface area contributed by atoms with Gasteiger partial charge >= 0.3 is 5.97 Å². The Morgan fingerprint density at radius 2 is 2.04 bits per heavy atom. The number of primary amides is 1. The summed E-state index contributed by atoms with van der Waals surface area (Å²) in [4.78, 5) is 29.3. The fourth-order valence-electron chi connectivity index (χ4n) is 2.60. The van der Waals surface area contributed by atoms with Crippen molar-refractivity contribution >= 4 is 34.6 Å². The molecule has 1 aliphatic rings. The number of benzene rings is 1. The molecule has 8 heteroatoms. The van der Waals surface area contributed by atoms with Crippen LogP contribution in [0.25, 0.3) is 0 Å². The summed E-state index contributed by atoms with van der Waals surface area (Å²) in [7, 11) is 0. The molecule has 0 radical (unpaired) electrons. The Morgan fingerprint density at radius 3 is 2.64 bits per heavy atom. The predicted octanol–water partition coefficient (Wildman–Crippen LogP) is 1.92. The normalized spacial score (nSPS) is 16.6. The molecule has 130 valence electrons. The molecule has 2 aromatic rings. The number of aryl methyl sites for hydroxylation is 2. The number of amides is 1. The lowest BCUT2D eigenvalue weighted by Gasteiger charge is -2.20. The summed E-state index contributed by atoms with van der Waals surface area (Å²) in [5.74, 6) is -1.08. The Bertz CT molecular complexity index is 832. The highest BCUT2D eigenvalue weighted by Gasteiger charge is 2.35. The van der Waals surface area contributed by atoms with E-state index >= 15 is 0 Å². The maximum absolute atomic E-state index is 12.3. The highest BCUT2D eigenvalue weighted by Crippen LogP contribution is 2.25. The molecule has 1 aromatic heterocycles. The molecule has 1 aromatic carbocycles. The molecule has 0 spiro atoms. The number of esters is 1. The van der Waals surface area contributed by atoms with Crippen molar-refractivity contribution in [1.82, 2.24) is 4.98 Å². The van der Waals surface area contributed by atoms with E-state index in [1.807, 2.05) is 32.0 Å². The monoisotopic (exact) mass is 358 g/mol. The Balaban J connectivity index is 1.74. The van der Waals surface area contributed by atoms with Crippen LogP contribution >= 0.6 is 11.3 Å². The van der Waals surface area contributed by atoms with Crippen molar-refractivity contribution in [2.45, 2.75) is 32.9 Å². The number of hydrogen-bond acceptors (Lipinski definition) is 7. The van der Waals surface area contributed by atoms with Crippen molar-refractivity contribution in [3.05, 3.63) is 45.9 Å². The maximum atomic E-state index is 12.3. The number of rotatable bonds is 5. The minimum Gasteiger partial charge on any atom is -0.455 e. The molecule has 0 fully saturated rings. The van der Waals surface area contributed by atoms with Crippen molar-refractivity contribution in [1.29, 1.82) is 0 Å². The lowest BCUT2D eigenvalue weighted by Crippen LogP contribution is -2.39. The van der Waals surface area contributed by atoms with Gasteiger partial charge < -0.3 is 10.5 Å². The number of aromatic nitrogens is 1. The fraction of sp³-hybridized carbons (Fsp3) is 0.294. The standard InChI is InChI=1S/C17H18N4O3S/c1-10-15(25-11(2)19-10)9-24-17(23)13-8-14(16(18)22)21(20-13)12-6-4-3-5-7-12/h3-7,14H,8-9H2,1-2H3,(H2,18,22). The molecule has 1 aliphatic heterocycles. The van der Waals surface area contributed by atoms with Crippen LogP contribution < -0.4 is 10.7 Å². The largest absolute Gasteiger partial charge is 0.455 e. The minimum absolute atomic E-state index is 0.129. The second-order valence-corrected chi connectivity index (χ2v) is 6.95. The van der Waals surface area contributed by atoms with Gasteiger partial charge in [-0.2, -0.15) is 5.10 Å². The van der Waals surface area contributed by atoms with E-state index < -0.39 is 17.9 Å². The number of hydrazone groups is 1. The van der Waals surface area contributed by atoms with Gasteiger partial charge in [-0.15, -0.1) is 11.3 Å². The molecule has 0 saturated carbocycles. The first-order valence-electron chi connectivity index (χ1n) is 7.77. The molecule has 25 heavy (non-hydrogen) atoms. The number of ether oxygens (including phenoxy) is 1. The SMILES string of the molecule is Cc1nc(C)c(COC(=O)C2=NN(c3ccccc3)C(C(N)=O)C2)s1.